The topological polar surface area (TPSA) is 30.5 Å². The number of methoxy groups -OCH3 is 2. The largest absolute Gasteiger partial charge is 0.496 e. The van der Waals surface area contributed by atoms with E-state index in [0.29, 0.717) is 6.04 Å². The van der Waals surface area contributed by atoms with Gasteiger partial charge in [0.15, 0.2) is 0 Å². The summed E-state index contributed by atoms with van der Waals surface area (Å²) in [4.78, 5) is 0. The fourth-order valence-electron chi connectivity index (χ4n) is 2.59. The van der Waals surface area contributed by atoms with E-state index < -0.39 is 0 Å². The van der Waals surface area contributed by atoms with Crippen LogP contribution in [0, 0.1) is 0 Å². The predicted molar refractivity (Wildman–Crippen MR) is 68.9 cm³/mol. The average Bonchev–Trinajstić information content (AvgIpc) is 2.79. The number of rotatable bonds is 5. The number of hydrogen-bond donors (Lipinski definition) is 1. The third-order valence-electron chi connectivity index (χ3n) is 3.39. The molecule has 0 aromatic heterocycles. The molecule has 0 amide bonds. The molecule has 0 saturated heterocycles. The summed E-state index contributed by atoms with van der Waals surface area (Å²) in [6, 6.07) is 4.42. The van der Waals surface area contributed by atoms with Gasteiger partial charge < -0.3 is 14.8 Å². The maximum Gasteiger partial charge on any atom is 0.124 e. The van der Waals surface area contributed by atoms with E-state index in [1.807, 2.05) is 12.1 Å². The van der Waals surface area contributed by atoms with Gasteiger partial charge in [-0.25, -0.2) is 0 Å². The van der Waals surface area contributed by atoms with Gasteiger partial charge >= 0.3 is 0 Å². The minimum atomic E-state index is 0.412. The molecular weight excluding hydrogens is 214 g/mol. The van der Waals surface area contributed by atoms with Crippen LogP contribution in [0.1, 0.15) is 36.9 Å². The first-order valence-electron chi connectivity index (χ1n) is 6.29. The quantitative estimate of drug-likeness (QED) is 0.851. The summed E-state index contributed by atoms with van der Waals surface area (Å²) in [5.41, 5.74) is 2.60. The van der Waals surface area contributed by atoms with Crippen LogP contribution < -0.4 is 14.8 Å². The van der Waals surface area contributed by atoms with E-state index in [1.54, 1.807) is 14.2 Å². The number of fused-ring (bicyclic) bond motifs is 1. The lowest BCUT2D eigenvalue weighted by Crippen LogP contribution is -2.20. The molecule has 94 valence electrons. The summed E-state index contributed by atoms with van der Waals surface area (Å²) >= 11 is 0. The molecule has 1 aromatic rings. The SMILES string of the molecule is CCCNC1CCc2c(OC)ccc(OC)c21. The molecule has 0 radical (unpaired) electrons. The Kier molecular flexibility index (Phi) is 3.89. The minimum Gasteiger partial charge on any atom is -0.496 e. The van der Waals surface area contributed by atoms with Crippen molar-refractivity contribution in [2.45, 2.75) is 32.2 Å². The van der Waals surface area contributed by atoms with Gasteiger partial charge in [0, 0.05) is 17.2 Å². The van der Waals surface area contributed by atoms with Crippen molar-refractivity contribution < 1.29 is 9.47 Å². The van der Waals surface area contributed by atoms with E-state index in [0.717, 1.165) is 37.3 Å². The number of hydrogen-bond acceptors (Lipinski definition) is 3. The molecule has 0 saturated carbocycles. The summed E-state index contributed by atoms with van der Waals surface area (Å²) < 4.78 is 10.9. The van der Waals surface area contributed by atoms with Crippen molar-refractivity contribution in [3.8, 4) is 11.5 Å². The smallest absolute Gasteiger partial charge is 0.124 e. The first-order valence-corrected chi connectivity index (χ1v) is 6.29. The average molecular weight is 235 g/mol. The van der Waals surface area contributed by atoms with Crippen LogP contribution in [0.4, 0.5) is 0 Å². The molecule has 17 heavy (non-hydrogen) atoms. The van der Waals surface area contributed by atoms with E-state index >= 15 is 0 Å². The van der Waals surface area contributed by atoms with Gasteiger partial charge in [0.2, 0.25) is 0 Å². The lowest BCUT2D eigenvalue weighted by molar-refractivity contribution is 0.393. The van der Waals surface area contributed by atoms with Gasteiger partial charge in [-0.05, 0) is 37.9 Å². The zero-order chi connectivity index (χ0) is 12.3. The molecule has 1 unspecified atom stereocenters. The van der Waals surface area contributed by atoms with E-state index in [2.05, 4.69) is 12.2 Å². The Hall–Kier alpha value is -1.22. The Balaban J connectivity index is 2.34. The van der Waals surface area contributed by atoms with Crippen LogP contribution >= 0.6 is 0 Å². The van der Waals surface area contributed by atoms with Gasteiger partial charge in [0.25, 0.3) is 0 Å². The second-order valence-corrected chi connectivity index (χ2v) is 4.41. The first kappa shape index (κ1) is 12.2. The number of nitrogens with one attached hydrogen (secondary N) is 1. The second-order valence-electron chi connectivity index (χ2n) is 4.41. The highest BCUT2D eigenvalue weighted by molar-refractivity contribution is 5.53. The molecule has 3 heteroatoms. The Morgan fingerprint density at radius 3 is 2.59 bits per heavy atom. The molecule has 0 aliphatic heterocycles. The van der Waals surface area contributed by atoms with Gasteiger partial charge in [-0.3, -0.25) is 0 Å². The summed E-state index contributed by atoms with van der Waals surface area (Å²) in [6.07, 6.45) is 3.35. The van der Waals surface area contributed by atoms with E-state index in [1.165, 1.54) is 11.1 Å². The van der Waals surface area contributed by atoms with E-state index in [-0.39, 0.29) is 0 Å². The highest BCUT2D eigenvalue weighted by Gasteiger charge is 2.28. The molecule has 1 N–H and O–H groups in total. The van der Waals surface area contributed by atoms with Gasteiger partial charge in [0.05, 0.1) is 14.2 Å². The minimum absolute atomic E-state index is 0.412. The maximum absolute atomic E-state index is 5.47. The zero-order valence-electron chi connectivity index (χ0n) is 10.9. The normalized spacial score (nSPS) is 17.9. The Morgan fingerprint density at radius 2 is 1.94 bits per heavy atom. The van der Waals surface area contributed by atoms with Crippen LogP contribution in [0.15, 0.2) is 12.1 Å². The molecule has 0 spiro atoms. The third-order valence-corrected chi connectivity index (χ3v) is 3.39. The Labute approximate surface area is 103 Å². The summed E-state index contributed by atoms with van der Waals surface area (Å²) in [5.74, 6) is 1.97. The van der Waals surface area contributed by atoms with Gasteiger partial charge in [-0.15, -0.1) is 0 Å². The van der Waals surface area contributed by atoms with Crippen LogP contribution in [-0.4, -0.2) is 20.8 Å². The molecule has 1 aromatic carbocycles. The van der Waals surface area contributed by atoms with Crippen LogP contribution in [0.3, 0.4) is 0 Å². The molecule has 1 aliphatic carbocycles. The van der Waals surface area contributed by atoms with Gasteiger partial charge in [-0.1, -0.05) is 6.92 Å². The molecule has 0 bridgehead atoms. The molecule has 1 atom stereocenters. The molecule has 3 nitrogen and oxygen atoms in total. The fourth-order valence-corrected chi connectivity index (χ4v) is 2.59. The fraction of sp³-hybridized carbons (Fsp3) is 0.571. The Morgan fingerprint density at radius 1 is 1.24 bits per heavy atom. The number of ether oxygens (including phenoxy) is 2. The van der Waals surface area contributed by atoms with Crippen LogP contribution in [-0.2, 0) is 6.42 Å². The van der Waals surface area contributed by atoms with Crippen LogP contribution in [0.25, 0.3) is 0 Å². The molecule has 2 rings (SSSR count). The zero-order valence-corrected chi connectivity index (χ0v) is 10.9. The highest BCUT2D eigenvalue weighted by Crippen LogP contribution is 2.42. The Bertz CT molecular complexity index is 390. The van der Waals surface area contributed by atoms with Crippen molar-refractivity contribution in [3.63, 3.8) is 0 Å². The van der Waals surface area contributed by atoms with Crippen molar-refractivity contribution in [1.29, 1.82) is 0 Å². The second kappa shape index (κ2) is 5.41. The molecule has 0 fully saturated rings. The molecule has 1 aliphatic rings. The van der Waals surface area contributed by atoms with Crippen molar-refractivity contribution in [3.05, 3.63) is 23.3 Å². The van der Waals surface area contributed by atoms with Gasteiger partial charge in [-0.2, -0.15) is 0 Å². The number of benzene rings is 1. The summed E-state index contributed by atoms with van der Waals surface area (Å²) in [6.45, 7) is 3.23. The standard InChI is InChI=1S/C14H21NO2/c1-4-9-15-11-6-5-10-12(16-2)7-8-13(17-3)14(10)11/h7-8,11,15H,4-6,9H2,1-3H3. The monoisotopic (exact) mass is 235 g/mol. The van der Waals surface area contributed by atoms with Crippen LogP contribution in [0.2, 0.25) is 0 Å². The first-order chi connectivity index (χ1) is 8.31. The third kappa shape index (κ3) is 2.25. The van der Waals surface area contributed by atoms with Gasteiger partial charge in [0.1, 0.15) is 11.5 Å². The maximum atomic E-state index is 5.47. The van der Waals surface area contributed by atoms with Crippen molar-refractivity contribution in [2.24, 2.45) is 0 Å². The van der Waals surface area contributed by atoms with E-state index in [4.69, 9.17) is 9.47 Å². The van der Waals surface area contributed by atoms with Crippen molar-refractivity contribution >= 4 is 0 Å². The molecule has 0 heterocycles. The van der Waals surface area contributed by atoms with E-state index in [9.17, 15) is 0 Å². The van der Waals surface area contributed by atoms with Crippen LogP contribution in [0.5, 0.6) is 11.5 Å². The summed E-state index contributed by atoms with van der Waals surface area (Å²) in [5, 5.41) is 3.58. The molecular formula is C14H21NO2. The lowest BCUT2D eigenvalue weighted by Gasteiger charge is -2.17. The van der Waals surface area contributed by atoms with Crippen molar-refractivity contribution in [2.75, 3.05) is 20.8 Å². The predicted octanol–water partition coefficient (Wildman–Crippen LogP) is 2.69. The lowest BCUT2D eigenvalue weighted by atomic mass is 10.1. The summed E-state index contributed by atoms with van der Waals surface area (Å²) in [7, 11) is 3.46. The van der Waals surface area contributed by atoms with Crippen molar-refractivity contribution in [1.82, 2.24) is 5.32 Å². The highest BCUT2D eigenvalue weighted by atomic mass is 16.5.